The van der Waals surface area contributed by atoms with Gasteiger partial charge in [-0.2, -0.15) is 0 Å². The third-order valence-electron chi connectivity index (χ3n) is 3.04. The maximum Gasteiger partial charge on any atom is 0.239 e. The molecule has 0 saturated heterocycles. The fourth-order valence-corrected chi connectivity index (χ4v) is 3.72. The van der Waals surface area contributed by atoms with E-state index in [1.807, 2.05) is 19.9 Å². The Morgan fingerprint density at radius 2 is 2.00 bits per heavy atom. The minimum atomic E-state index is -3.37. The molecule has 0 heterocycles. The molecule has 0 aliphatic rings. The number of sulfone groups is 1. The van der Waals surface area contributed by atoms with E-state index in [-0.39, 0.29) is 5.75 Å². The van der Waals surface area contributed by atoms with E-state index >= 15 is 0 Å². The maximum atomic E-state index is 11.9. The van der Waals surface area contributed by atoms with Gasteiger partial charge >= 0.3 is 0 Å². The summed E-state index contributed by atoms with van der Waals surface area (Å²) in [5, 5.41) is 2.57. The Bertz CT molecular complexity index is 615. The van der Waals surface area contributed by atoms with Crippen molar-refractivity contribution in [2.45, 2.75) is 33.1 Å². The number of hydrogen-bond donors (Lipinski definition) is 2. The Morgan fingerprint density at radius 3 is 2.62 bits per heavy atom. The molecule has 0 radical (unpaired) electrons. The number of rotatable bonds is 7. The van der Waals surface area contributed by atoms with Crippen molar-refractivity contribution in [3.8, 4) is 0 Å². The Kier molecular flexibility index (Phi) is 6.67. The Morgan fingerprint density at radius 1 is 1.33 bits per heavy atom. The van der Waals surface area contributed by atoms with Gasteiger partial charge in [-0.25, -0.2) is 8.42 Å². The monoisotopic (exact) mass is 376 g/mol. The zero-order chi connectivity index (χ0) is 16.0. The molecule has 0 spiro atoms. The second kappa shape index (κ2) is 7.79. The molecule has 0 bridgehead atoms. The van der Waals surface area contributed by atoms with Crippen LogP contribution >= 0.6 is 15.9 Å². The zero-order valence-electron chi connectivity index (χ0n) is 12.3. The molecule has 0 fully saturated rings. The number of nitrogen functional groups attached to an aromatic ring is 1. The summed E-state index contributed by atoms with van der Waals surface area (Å²) in [7, 11) is -3.37. The number of unbranched alkanes of at least 4 members (excludes halogenated alkanes) is 2. The van der Waals surface area contributed by atoms with Gasteiger partial charge in [-0.3, -0.25) is 4.79 Å². The number of nitrogens with two attached hydrogens (primary N) is 1. The minimum Gasteiger partial charge on any atom is -0.397 e. The van der Waals surface area contributed by atoms with E-state index in [1.54, 1.807) is 6.07 Å². The van der Waals surface area contributed by atoms with E-state index in [9.17, 15) is 13.2 Å². The number of carbonyl (C=O) groups is 1. The summed E-state index contributed by atoms with van der Waals surface area (Å²) >= 11 is 3.32. The van der Waals surface area contributed by atoms with E-state index in [2.05, 4.69) is 21.2 Å². The lowest BCUT2D eigenvalue weighted by atomic mass is 10.2. The van der Waals surface area contributed by atoms with Crippen molar-refractivity contribution < 1.29 is 13.2 Å². The first-order valence-electron chi connectivity index (χ1n) is 6.81. The molecule has 21 heavy (non-hydrogen) atoms. The predicted octanol–water partition coefficient (Wildman–Crippen LogP) is 2.88. The SMILES string of the molecule is CCCCCS(=O)(=O)CC(=O)Nc1cc(Br)cc(C)c1N. The predicted molar refractivity (Wildman–Crippen MR) is 90.1 cm³/mol. The van der Waals surface area contributed by atoms with Crippen molar-refractivity contribution in [1.29, 1.82) is 0 Å². The lowest BCUT2D eigenvalue weighted by Crippen LogP contribution is -2.25. The molecule has 7 heteroatoms. The van der Waals surface area contributed by atoms with E-state index in [0.717, 1.165) is 22.9 Å². The fraction of sp³-hybridized carbons (Fsp3) is 0.500. The van der Waals surface area contributed by atoms with Crippen LogP contribution in [0.2, 0.25) is 0 Å². The van der Waals surface area contributed by atoms with Gasteiger partial charge in [-0.1, -0.05) is 35.7 Å². The highest BCUT2D eigenvalue weighted by Gasteiger charge is 2.17. The van der Waals surface area contributed by atoms with Gasteiger partial charge < -0.3 is 11.1 Å². The van der Waals surface area contributed by atoms with Crippen LogP contribution in [0.4, 0.5) is 11.4 Å². The summed E-state index contributed by atoms with van der Waals surface area (Å²) in [6, 6.07) is 3.48. The van der Waals surface area contributed by atoms with Crippen molar-refractivity contribution >= 4 is 43.0 Å². The molecule has 0 unspecified atom stereocenters. The molecule has 3 N–H and O–H groups in total. The van der Waals surface area contributed by atoms with Gasteiger partial charge in [0.25, 0.3) is 0 Å². The molecule has 1 aromatic rings. The first-order chi connectivity index (χ1) is 9.75. The first-order valence-corrected chi connectivity index (χ1v) is 9.42. The molecule has 1 rings (SSSR count). The lowest BCUT2D eigenvalue weighted by Gasteiger charge is -2.11. The van der Waals surface area contributed by atoms with Gasteiger partial charge in [0.2, 0.25) is 5.91 Å². The van der Waals surface area contributed by atoms with Crippen LogP contribution in [0.3, 0.4) is 0 Å². The van der Waals surface area contributed by atoms with Crippen LogP contribution in [0.5, 0.6) is 0 Å². The van der Waals surface area contributed by atoms with Gasteiger partial charge in [-0.05, 0) is 31.0 Å². The van der Waals surface area contributed by atoms with Crippen molar-refractivity contribution in [2.75, 3.05) is 22.6 Å². The zero-order valence-corrected chi connectivity index (χ0v) is 14.7. The number of halogens is 1. The first kappa shape index (κ1) is 18.0. The number of aryl methyl sites for hydroxylation is 1. The fourth-order valence-electron chi connectivity index (χ4n) is 1.89. The largest absolute Gasteiger partial charge is 0.397 e. The molecule has 118 valence electrons. The quantitative estimate of drug-likeness (QED) is 0.565. The number of nitrogens with one attached hydrogen (secondary N) is 1. The van der Waals surface area contributed by atoms with Gasteiger partial charge in [0.1, 0.15) is 5.75 Å². The number of benzene rings is 1. The molecular weight excluding hydrogens is 356 g/mol. The second-order valence-corrected chi connectivity index (χ2v) is 8.13. The van der Waals surface area contributed by atoms with Crippen LogP contribution in [-0.4, -0.2) is 25.8 Å². The number of carbonyl (C=O) groups excluding carboxylic acids is 1. The van der Waals surface area contributed by atoms with Gasteiger partial charge in [-0.15, -0.1) is 0 Å². The number of hydrogen-bond acceptors (Lipinski definition) is 4. The summed E-state index contributed by atoms with van der Waals surface area (Å²) in [6.45, 7) is 3.81. The summed E-state index contributed by atoms with van der Waals surface area (Å²) in [6.07, 6.45) is 2.37. The molecule has 5 nitrogen and oxygen atoms in total. The van der Waals surface area contributed by atoms with Crippen molar-refractivity contribution in [2.24, 2.45) is 0 Å². The summed E-state index contributed by atoms with van der Waals surface area (Å²) < 4.78 is 24.4. The minimum absolute atomic E-state index is 0.0429. The van der Waals surface area contributed by atoms with E-state index in [0.29, 0.717) is 17.8 Å². The molecular formula is C14H21BrN2O3S. The van der Waals surface area contributed by atoms with Crippen LogP contribution in [-0.2, 0) is 14.6 Å². The topological polar surface area (TPSA) is 89.3 Å². The van der Waals surface area contributed by atoms with Crippen LogP contribution in [0.1, 0.15) is 31.7 Å². The standard InChI is InChI=1S/C14H21BrN2O3S/c1-3-4-5-6-21(19,20)9-13(18)17-12-8-11(15)7-10(2)14(12)16/h7-8H,3-6,9,16H2,1-2H3,(H,17,18). The van der Waals surface area contributed by atoms with Crippen LogP contribution in [0, 0.1) is 6.92 Å². The summed E-state index contributed by atoms with van der Waals surface area (Å²) in [4.78, 5) is 11.9. The van der Waals surface area contributed by atoms with E-state index in [4.69, 9.17) is 5.73 Å². The molecule has 0 atom stereocenters. The maximum absolute atomic E-state index is 11.9. The Balaban J connectivity index is 2.70. The van der Waals surface area contributed by atoms with Gasteiger partial charge in [0.05, 0.1) is 17.1 Å². The highest BCUT2D eigenvalue weighted by atomic mass is 79.9. The second-order valence-electron chi connectivity index (χ2n) is 5.03. The average Bonchev–Trinajstić information content (AvgIpc) is 2.34. The van der Waals surface area contributed by atoms with Gasteiger partial charge in [0.15, 0.2) is 9.84 Å². The highest BCUT2D eigenvalue weighted by molar-refractivity contribution is 9.10. The number of anilines is 2. The van der Waals surface area contributed by atoms with E-state index in [1.165, 1.54) is 0 Å². The van der Waals surface area contributed by atoms with Crippen LogP contribution in [0.25, 0.3) is 0 Å². The Labute approximate surface area is 134 Å². The van der Waals surface area contributed by atoms with Crippen molar-refractivity contribution in [3.63, 3.8) is 0 Å². The third kappa shape index (κ3) is 6.05. The molecule has 0 aromatic heterocycles. The van der Waals surface area contributed by atoms with Crippen LogP contribution < -0.4 is 11.1 Å². The molecule has 1 aromatic carbocycles. The molecule has 0 aliphatic heterocycles. The summed E-state index contributed by atoms with van der Waals surface area (Å²) in [5.74, 6) is -1.03. The highest BCUT2D eigenvalue weighted by Crippen LogP contribution is 2.27. The Hall–Kier alpha value is -1.08. The van der Waals surface area contributed by atoms with Crippen LogP contribution in [0.15, 0.2) is 16.6 Å². The molecule has 0 saturated carbocycles. The summed E-state index contributed by atoms with van der Waals surface area (Å²) in [5.41, 5.74) is 7.55. The molecule has 0 aliphatic carbocycles. The smallest absolute Gasteiger partial charge is 0.239 e. The van der Waals surface area contributed by atoms with Crippen molar-refractivity contribution in [3.05, 3.63) is 22.2 Å². The molecule has 1 amide bonds. The lowest BCUT2D eigenvalue weighted by molar-refractivity contribution is -0.113. The van der Waals surface area contributed by atoms with Crippen molar-refractivity contribution in [1.82, 2.24) is 0 Å². The number of amides is 1. The average molecular weight is 377 g/mol. The third-order valence-corrected chi connectivity index (χ3v) is 5.11. The van der Waals surface area contributed by atoms with E-state index < -0.39 is 21.5 Å². The van der Waals surface area contributed by atoms with Gasteiger partial charge in [0, 0.05) is 4.47 Å². The normalized spacial score (nSPS) is 11.4.